The van der Waals surface area contributed by atoms with Gasteiger partial charge < -0.3 is 10.1 Å². The van der Waals surface area contributed by atoms with Gasteiger partial charge in [-0.05, 0) is 45.2 Å². The Labute approximate surface area is 119 Å². The highest BCUT2D eigenvalue weighted by molar-refractivity contribution is 4.91. The van der Waals surface area contributed by atoms with Crippen LogP contribution in [0.2, 0.25) is 0 Å². The molecular weight excluding hydrogens is 236 g/mol. The molecule has 0 aromatic heterocycles. The predicted molar refractivity (Wildman–Crippen MR) is 80.5 cm³/mol. The lowest BCUT2D eigenvalue weighted by Gasteiger charge is -2.43. The van der Waals surface area contributed by atoms with E-state index in [9.17, 15) is 0 Å². The molecule has 2 unspecified atom stereocenters. The third-order valence-electron chi connectivity index (χ3n) is 4.88. The normalized spacial score (nSPS) is 29.5. The molecule has 2 atom stereocenters. The molecule has 2 rings (SSSR count). The molecule has 0 amide bonds. The van der Waals surface area contributed by atoms with Crippen LogP contribution in [0.4, 0.5) is 0 Å². The van der Waals surface area contributed by atoms with Gasteiger partial charge in [-0.3, -0.25) is 4.90 Å². The third-order valence-corrected chi connectivity index (χ3v) is 4.88. The minimum absolute atomic E-state index is 0.584. The van der Waals surface area contributed by atoms with Gasteiger partial charge >= 0.3 is 0 Å². The van der Waals surface area contributed by atoms with E-state index in [2.05, 4.69) is 31.1 Å². The molecule has 0 aromatic carbocycles. The first kappa shape index (κ1) is 15.3. The molecule has 2 aliphatic rings. The molecule has 0 spiro atoms. The molecule has 1 aliphatic carbocycles. The van der Waals surface area contributed by atoms with Crippen LogP contribution in [0, 0.1) is 5.92 Å². The summed E-state index contributed by atoms with van der Waals surface area (Å²) in [6.45, 7) is 7.75. The second kappa shape index (κ2) is 7.61. The Kier molecular flexibility index (Phi) is 6.11. The lowest BCUT2D eigenvalue weighted by molar-refractivity contribution is -0.0190. The van der Waals surface area contributed by atoms with Crippen molar-refractivity contribution in [2.24, 2.45) is 5.92 Å². The number of likely N-dealkylation sites (N-methyl/N-ethyl adjacent to an activating group) is 1. The van der Waals surface area contributed by atoms with E-state index in [1.807, 2.05) is 0 Å². The van der Waals surface area contributed by atoms with Crippen molar-refractivity contribution in [1.82, 2.24) is 10.2 Å². The van der Waals surface area contributed by atoms with Crippen molar-refractivity contribution in [3.63, 3.8) is 0 Å². The highest BCUT2D eigenvalue weighted by Crippen LogP contribution is 2.28. The van der Waals surface area contributed by atoms with Gasteiger partial charge in [-0.25, -0.2) is 0 Å². The van der Waals surface area contributed by atoms with E-state index in [1.165, 1.54) is 38.6 Å². The fourth-order valence-corrected chi connectivity index (χ4v) is 3.65. The molecule has 3 heteroatoms. The van der Waals surface area contributed by atoms with Gasteiger partial charge in [0.05, 0.1) is 6.61 Å². The zero-order valence-electron chi connectivity index (χ0n) is 13.0. The van der Waals surface area contributed by atoms with Crippen LogP contribution in [0.1, 0.15) is 52.4 Å². The van der Waals surface area contributed by atoms with Gasteiger partial charge in [0.1, 0.15) is 0 Å². The molecule has 1 saturated heterocycles. The summed E-state index contributed by atoms with van der Waals surface area (Å²) in [7, 11) is 2.11. The smallest absolute Gasteiger partial charge is 0.0637 e. The van der Waals surface area contributed by atoms with Gasteiger partial charge in [0.25, 0.3) is 0 Å². The lowest BCUT2D eigenvalue weighted by atomic mass is 9.98. The first-order valence-electron chi connectivity index (χ1n) is 8.23. The highest BCUT2D eigenvalue weighted by Gasteiger charge is 2.34. The summed E-state index contributed by atoms with van der Waals surface area (Å²) in [6, 6.07) is 2.00. The summed E-state index contributed by atoms with van der Waals surface area (Å²) < 4.78 is 5.78. The maximum absolute atomic E-state index is 5.78. The van der Waals surface area contributed by atoms with Crippen molar-refractivity contribution in [2.75, 3.05) is 26.8 Å². The second-order valence-electron chi connectivity index (χ2n) is 6.68. The lowest BCUT2D eigenvalue weighted by Crippen LogP contribution is -2.57. The van der Waals surface area contributed by atoms with Crippen molar-refractivity contribution in [3.8, 4) is 0 Å². The van der Waals surface area contributed by atoms with Crippen molar-refractivity contribution < 1.29 is 4.74 Å². The molecule has 0 aromatic rings. The fourth-order valence-electron chi connectivity index (χ4n) is 3.65. The molecule has 112 valence electrons. The van der Waals surface area contributed by atoms with Crippen molar-refractivity contribution in [2.45, 2.75) is 70.5 Å². The van der Waals surface area contributed by atoms with E-state index in [4.69, 9.17) is 4.74 Å². The van der Waals surface area contributed by atoms with Gasteiger partial charge in [0.15, 0.2) is 0 Å². The van der Waals surface area contributed by atoms with Crippen LogP contribution >= 0.6 is 0 Å². The summed E-state index contributed by atoms with van der Waals surface area (Å²) in [5.41, 5.74) is 0. The van der Waals surface area contributed by atoms with Crippen LogP contribution in [-0.2, 0) is 4.74 Å². The molecule has 3 nitrogen and oxygen atoms in total. The maximum atomic E-state index is 5.78. The monoisotopic (exact) mass is 268 g/mol. The number of nitrogens with one attached hydrogen (secondary N) is 1. The van der Waals surface area contributed by atoms with E-state index >= 15 is 0 Å². The Hall–Kier alpha value is -0.120. The van der Waals surface area contributed by atoms with E-state index in [0.29, 0.717) is 12.1 Å². The Bertz CT molecular complexity index is 251. The third kappa shape index (κ3) is 4.17. The van der Waals surface area contributed by atoms with E-state index < -0.39 is 0 Å². The number of nitrogens with zero attached hydrogens (tertiary/aromatic N) is 1. The Morgan fingerprint density at radius 2 is 1.95 bits per heavy atom. The van der Waals surface area contributed by atoms with Crippen LogP contribution in [0.3, 0.4) is 0 Å². The average Bonchev–Trinajstić information content (AvgIpc) is 2.93. The molecule has 1 aliphatic heterocycles. The van der Waals surface area contributed by atoms with Crippen LogP contribution in [-0.4, -0.2) is 49.8 Å². The van der Waals surface area contributed by atoms with Crippen LogP contribution in [0.15, 0.2) is 0 Å². The van der Waals surface area contributed by atoms with E-state index in [1.54, 1.807) is 0 Å². The van der Waals surface area contributed by atoms with Gasteiger partial charge in [-0.1, -0.05) is 26.7 Å². The van der Waals surface area contributed by atoms with Crippen molar-refractivity contribution in [3.05, 3.63) is 0 Å². The summed E-state index contributed by atoms with van der Waals surface area (Å²) in [4.78, 5) is 2.79. The average molecular weight is 268 g/mol. The van der Waals surface area contributed by atoms with Gasteiger partial charge in [-0.15, -0.1) is 0 Å². The van der Waals surface area contributed by atoms with Crippen molar-refractivity contribution in [1.29, 1.82) is 0 Å². The Balaban J connectivity index is 2.01. The number of ether oxygens (including phenoxy) is 1. The zero-order chi connectivity index (χ0) is 13.7. The quantitative estimate of drug-likeness (QED) is 0.801. The molecule has 2 fully saturated rings. The molecule has 1 N–H and O–H groups in total. The SMILES string of the molecule is CNC1CCOCC1N(CCC(C)C)C1CCCC1. The van der Waals surface area contributed by atoms with Crippen LogP contribution in [0.25, 0.3) is 0 Å². The topological polar surface area (TPSA) is 24.5 Å². The standard InChI is InChI=1S/C16H32N2O/c1-13(2)8-10-18(14-6-4-5-7-14)16-12-19-11-9-15(16)17-3/h13-17H,4-12H2,1-3H3. The van der Waals surface area contributed by atoms with Crippen molar-refractivity contribution >= 4 is 0 Å². The summed E-state index contributed by atoms with van der Waals surface area (Å²) in [5, 5.41) is 3.52. The summed E-state index contributed by atoms with van der Waals surface area (Å²) >= 11 is 0. The minimum atomic E-state index is 0.584. The maximum Gasteiger partial charge on any atom is 0.0637 e. The molecule has 19 heavy (non-hydrogen) atoms. The van der Waals surface area contributed by atoms with Crippen LogP contribution in [0.5, 0.6) is 0 Å². The Morgan fingerprint density at radius 3 is 2.58 bits per heavy atom. The largest absolute Gasteiger partial charge is 0.380 e. The molecular formula is C16H32N2O. The number of hydrogen-bond donors (Lipinski definition) is 1. The van der Waals surface area contributed by atoms with Gasteiger partial charge in [0.2, 0.25) is 0 Å². The van der Waals surface area contributed by atoms with Gasteiger partial charge in [0, 0.05) is 24.7 Å². The summed E-state index contributed by atoms with van der Waals surface area (Å²) in [5.74, 6) is 0.793. The minimum Gasteiger partial charge on any atom is -0.380 e. The van der Waals surface area contributed by atoms with Crippen LogP contribution < -0.4 is 5.32 Å². The first-order chi connectivity index (χ1) is 9.22. The summed E-state index contributed by atoms with van der Waals surface area (Å²) in [6.07, 6.45) is 8.09. The highest BCUT2D eigenvalue weighted by atomic mass is 16.5. The Morgan fingerprint density at radius 1 is 1.21 bits per heavy atom. The second-order valence-corrected chi connectivity index (χ2v) is 6.68. The molecule has 0 radical (unpaired) electrons. The predicted octanol–water partition coefficient (Wildman–Crippen LogP) is 2.65. The molecule has 1 heterocycles. The molecule has 0 bridgehead atoms. The van der Waals surface area contributed by atoms with Gasteiger partial charge in [-0.2, -0.15) is 0 Å². The number of hydrogen-bond acceptors (Lipinski definition) is 3. The van der Waals surface area contributed by atoms with E-state index in [-0.39, 0.29) is 0 Å². The number of rotatable bonds is 6. The van der Waals surface area contributed by atoms with E-state index in [0.717, 1.165) is 31.6 Å². The fraction of sp³-hybridized carbons (Fsp3) is 1.00. The first-order valence-corrected chi connectivity index (χ1v) is 8.23. The zero-order valence-corrected chi connectivity index (χ0v) is 13.0. The molecule has 1 saturated carbocycles.